The van der Waals surface area contributed by atoms with Gasteiger partial charge in [-0.2, -0.15) is 0 Å². The van der Waals surface area contributed by atoms with Crippen LogP contribution in [0.1, 0.15) is 16.9 Å². The quantitative estimate of drug-likeness (QED) is 0.650. The van der Waals surface area contributed by atoms with Crippen molar-refractivity contribution in [2.75, 3.05) is 0 Å². The predicted octanol–water partition coefficient (Wildman–Crippen LogP) is 2.79. The normalized spacial score (nSPS) is 10.5. The minimum Gasteiger partial charge on any atom is -0.468 e. The lowest BCUT2D eigenvalue weighted by Crippen LogP contribution is -2.12. The van der Waals surface area contributed by atoms with Gasteiger partial charge in [0.25, 0.3) is 5.69 Å². The summed E-state index contributed by atoms with van der Waals surface area (Å²) in [6, 6.07) is 8.44. The average molecular weight is 246 g/mol. The first-order chi connectivity index (χ1) is 8.66. The van der Waals surface area contributed by atoms with Crippen LogP contribution in [0, 0.1) is 17.0 Å². The number of aryl methyl sites for hydroxylation is 1. The standard InChI is InChI=1S/C13H14N2O3/c1-10-6-7-18-13(10)9-14-8-11-2-4-12(5-3-11)15(16)17/h2-7,14H,8-9H2,1H3. The fraction of sp³-hybridized carbons (Fsp3) is 0.231. The Morgan fingerprint density at radius 1 is 1.22 bits per heavy atom. The van der Waals surface area contributed by atoms with Gasteiger partial charge in [-0.25, -0.2) is 0 Å². The molecule has 1 heterocycles. The third-order valence-corrected chi connectivity index (χ3v) is 2.73. The van der Waals surface area contributed by atoms with Gasteiger partial charge in [-0.05, 0) is 24.1 Å². The van der Waals surface area contributed by atoms with E-state index >= 15 is 0 Å². The maximum atomic E-state index is 10.5. The zero-order chi connectivity index (χ0) is 13.0. The van der Waals surface area contributed by atoms with E-state index in [9.17, 15) is 10.1 Å². The molecule has 5 heteroatoms. The van der Waals surface area contributed by atoms with E-state index in [2.05, 4.69) is 5.32 Å². The Kier molecular flexibility index (Phi) is 3.74. The van der Waals surface area contributed by atoms with E-state index < -0.39 is 4.92 Å². The summed E-state index contributed by atoms with van der Waals surface area (Å²) in [7, 11) is 0. The van der Waals surface area contributed by atoms with E-state index in [1.807, 2.05) is 13.0 Å². The average Bonchev–Trinajstić information content (AvgIpc) is 2.76. The Bertz CT molecular complexity index is 531. The largest absolute Gasteiger partial charge is 0.468 e. The molecule has 0 radical (unpaired) electrons. The fourth-order valence-corrected chi connectivity index (χ4v) is 1.64. The topological polar surface area (TPSA) is 68.3 Å². The molecule has 0 saturated heterocycles. The SMILES string of the molecule is Cc1ccoc1CNCc1ccc([N+](=O)[O-])cc1. The molecule has 0 saturated carbocycles. The lowest BCUT2D eigenvalue weighted by Gasteiger charge is -2.03. The Morgan fingerprint density at radius 2 is 1.94 bits per heavy atom. The molecule has 0 aliphatic carbocycles. The summed E-state index contributed by atoms with van der Waals surface area (Å²) >= 11 is 0. The molecule has 18 heavy (non-hydrogen) atoms. The van der Waals surface area contributed by atoms with Gasteiger partial charge in [-0.1, -0.05) is 12.1 Å². The van der Waals surface area contributed by atoms with Gasteiger partial charge in [0, 0.05) is 18.7 Å². The van der Waals surface area contributed by atoms with Crippen molar-refractivity contribution >= 4 is 5.69 Å². The summed E-state index contributed by atoms with van der Waals surface area (Å²) in [5.74, 6) is 0.914. The third-order valence-electron chi connectivity index (χ3n) is 2.73. The summed E-state index contributed by atoms with van der Waals surface area (Å²) in [5, 5.41) is 13.7. The van der Waals surface area contributed by atoms with Gasteiger partial charge in [-0.3, -0.25) is 10.1 Å². The predicted molar refractivity (Wildman–Crippen MR) is 67.1 cm³/mol. The zero-order valence-electron chi connectivity index (χ0n) is 10.1. The number of furan rings is 1. The Balaban J connectivity index is 1.87. The highest BCUT2D eigenvalue weighted by Gasteiger charge is 2.04. The molecule has 1 aromatic carbocycles. The van der Waals surface area contributed by atoms with Gasteiger partial charge in [0.15, 0.2) is 0 Å². The van der Waals surface area contributed by atoms with Crippen molar-refractivity contribution in [1.29, 1.82) is 0 Å². The number of nitrogens with zero attached hydrogens (tertiary/aromatic N) is 1. The van der Waals surface area contributed by atoms with Crippen LogP contribution in [0.5, 0.6) is 0 Å². The molecule has 5 nitrogen and oxygen atoms in total. The summed E-state index contributed by atoms with van der Waals surface area (Å²) < 4.78 is 5.30. The van der Waals surface area contributed by atoms with Crippen LogP contribution in [0.15, 0.2) is 41.0 Å². The van der Waals surface area contributed by atoms with Crippen molar-refractivity contribution in [3.8, 4) is 0 Å². The molecule has 0 bridgehead atoms. The first kappa shape index (κ1) is 12.3. The summed E-state index contributed by atoms with van der Waals surface area (Å²) in [6.45, 7) is 3.29. The molecule has 0 aliphatic heterocycles. The van der Waals surface area contributed by atoms with Crippen molar-refractivity contribution in [2.24, 2.45) is 0 Å². The molecule has 0 spiro atoms. The van der Waals surface area contributed by atoms with Crippen LogP contribution < -0.4 is 5.32 Å². The van der Waals surface area contributed by atoms with Crippen LogP contribution >= 0.6 is 0 Å². The Labute approximate surface area is 105 Å². The molecule has 1 N–H and O–H groups in total. The van der Waals surface area contributed by atoms with E-state index in [1.165, 1.54) is 12.1 Å². The van der Waals surface area contributed by atoms with Crippen LogP contribution in [0.25, 0.3) is 0 Å². The maximum absolute atomic E-state index is 10.5. The first-order valence-corrected chi connectivity index (χ1v) is 5.64. The second kappa shape index (κ2) is 5.46. The van der Waals surface area contributed by atoms with E-state index in [0.717, 1.165) is 16.9 Å². The molecule has 0 unspecified atom stereocenters. The molecular weight excluding hydrogens is 232 g/mol. The van der Waals surface area contributed by atoms with Gasteiger partial charge in [-0.15, -0.1) is 0 Å². The monoisotopic (exact) mass is 246 g/mol. The third kappa shape index (κ3) is 2.95. The van der Waals surface area contributed by atoms with Crippen LogP contribution in [-0.2, 0) is 13.1 Å². The maximum Gasteiger partial charge on any atom is 0.269 e. The van der Waals surface area contributed by atoms with E-state index in [-0.39, 0.29) is 5.69 Å². The number of rotatable bonds is 5. The number of nitrogens with one attached hydrogen (secondary N) is 1. The molecule has 2 aromatic rings. The van der Waals surface area contributed by atoms with Crippen LogP contribution in [0.4, 0.5) is 5.69 Å². The number of nitro benzene ring substituents is 1. The first-order valence-electron chi connectivity index (χ1n) is 5.64. The van der Waals surface area contributed by atoms with Crippen molar-refractivity contribution in [3.63, 3.8) is 0 Å². The molecule has 0 amide bonds. The lowest BCUT2D eigenvalue weighted by atomic mass is 10.2. The summed E-state index contributed by atoms with van der Waals surface area (Å²) in [4.78, 5) is 10.1. The Morgan fingerprint density at radius 3 is 2.50 bits per heavy atom. The second-order valence-corrected chi connectivity index (χ2v) is 4.05. The van der Waals surface area contributed by atoms with Crippen LogP contribution in [-0.4, -0.2) is 4.92 Å². The minimum atomic E-state index is -0.399. The number of hydrogen-bond donors (Lipinski definition) is 1. The minimum absolute atomic E-state index is 0.112. The van der Waals surface area contributed by atoms with Crippen molar-refractivity contribution < 1.29 is 9.34 Å². The zero-order valence-corrected chi connectivity index (χ0v) is 10.1. The van der Waals surface area contributed by atoms with Crippen molar-refractivity contribution in [3.05, 3.63) is 63.6 Å². The number of non-ortho nitro benzene ring substituents is 1. The van der Waals surface area contributed by atoms with Crippen LogP contribution in [0.3, 0.4) is 0 Å². The van der Waals surface area contributed by atoms with Gasteiger partial charge in [0.2, 0.25) is 0 Å². The van der Waals surface area contributed by atoms with Gasteiger partial charge >= 0.3 is 0 Å². The number of hydrogen-bond acceptors (Lipinski definition) is 4. The fourth-order valence-electron chi connectivity index (χ4n) is 1.64. The van der Waals surface area contributed by atoms with E-state index in [0.29, 0.717) is 13.1 Å². The van der Waals surface area contributed by atoms with E-state index in [4.69, 9.17) is 4.42 Å². The van der Waals surface area contributed by atoms with Gasteiger partial charge in [0.05, 0.1) is 17.7 Å². The highest BCUT2D eigenvalue weighted by Crippen LogP contribution is 2.12. The van der Waals surface area contributed by atoms with Gasteiger partial charge in [0.1, 0.15) is 5.76 Å². The highest BCUT2D eigenvalue weighted by atomic mass is 16.6. The number of benzene rings is 1. The lowest BCUT2D eigenvalue weighted by molar-refractivity contribution is -0.384. The van der Waals surface area contributed by atoms with E-state index in [1.54, 1.807) is 18.4 Å². The molecule has 2 rings (SSSR count). The molecule has 0 aliphatic rings. The highest BCUT2D eigenvalue weighted by molar-refractivity contribution is 5.32. The molecule has 1 aromatic heterocycles. The Hall–Kier alpha value is -2.14. The van der Waals surface area contributed by atoms with Gasteiger partial charge < -0.3 is 9.73 Å². The molecule has 94 valence electrons. The van der Waals surface area contributed by atoms with Crippen molar-refractivity contribution in [2.45, 2.75) is 20.0 Å². The second-order valence-electron chi connectivity index (χ2n) is 4.05. The smallest absolute Gasteiger partial charge is 0.269 e. The number of nitro groups is 1. The summed E-state index contributed by atoms with van der Waals surface area (Å²) in [6.07, 6.45) is 1.66. The van der Waals surface area contributed by atoms with Crippen molar-refractivity contribution in [1.82, 2.24) is 5.32 Å². The molecule has 0 atom stereocenters. The molecule has 0 fully saturated rings. The summed E-state index contributed by atoms with van der Waals surface area (Å²) in [5.41, 5.74) is 2.23. The van der Waals surface area contributed by atoms with Crippen LogP contribution in [0.2, 0.25) is 0 Å². The molecular formula is C13H14N2O3.